The van der Waals surface area contributed by atoms with Crippen LogP contribution in [0.2, 0.25) is 0 Å². The lowest BCUT2D eigenvalue weighted by Crippen LogP contribution is -2.53. The Labute approximate surface area is 202 Å². The number of carbonyl (C=O) groups excluding carboxylic acids is 3. The van der Waals surface area contributed by atoms with Gasteiger partial charge in [0, 0.05) is 31.1 Å². The van der Waals surface area contributed by atoms with Crippen LogP contribution in [0.3, 0.4) is 0 Å². The minimum atomic E-state index is -0.612. The van der Waals surface area contributed by atoms with Crippen molar-refractivity contribution < 1.29 is 19.1 Å². The van der Waals surface area contributed by atoms with Crippen LogP contribution in [0.25, 0.3) is 0 Å². The number of carbonyl (C=O) groups is 3. The van der Waals surface area contributed by atoms with Crippen LogP contribution in [0.4, 0.5) is 0 Å². The lowest BCUT2D eigenvalue weighted by Gasteiger charge is -2.34. The molecule has 8 nitrogen and oxygen atoms in total. The molecule has 2 heterocycles. The number of nitrogens with one attached hydrogen (secondary N) is 3. The Kier molecular flexibility index (Phi) is 10.4. The molecule has 0 radical (unpaired) electrons. The second kappa shape index (κ2) is 12.8. The van der Waals surface area contributed by atoms with Gasteiger partial charge in [-0.2, -0.15) is 0 Å². The number of nitrogens with zero attached hydrogens (tertiary/aromatic N) is 1. The first-order chi connectivity index (χ1) is 15.4. The van der Waals surface area contributed by atoms with E-state index in [4.69, 9.17) is 4.74 Å². The van der Waals surface area contributed by atoms with Gasteiger partial charge < -0.3 is 25.6 Å². The van der Waals surface area contributed by atoms with E-state index in [0.29, 0.717) is 38.2 Å². The number of likely N-dealkylation sites (tertiary alicyclic amines) is 1. The molecule has 2 atom stereocenters. The van der Waals surface area contributed by atoms with Crippen LogP contribution in [0, 0.1) is 11.8 Å². The second-order valence-corrected chi connectivity index (χ2v) is 9.01. The summed E-state index contributed by atoms with van der Waals surface area (Å²) in [7, 11) is 1.60. The van der Waals surface area contributed by atoms with Crippen molar-refractivity contribution in [3.8, 4) is 5.75 Å². The molecule has 184 valence electrons. The van der Waals surface area contributed by atoms with Crippen molar-refractivity contribution in [3.05, 3.63) is 29.8 Å². The predicted molar refractivity (Wildman–Crippen MR) is 129 cm³/mol. The van der Waals surface area contributed by atoms with Gasteiger partial charge in [-0.3, -0.25) is 14.4 Å². The summed E-state index contributed by atoms with van der Waals surface area (Å²) < 4.78 is 5.33. The van der Waals surface area contributed by atoms with E-state index in [2.05, 4.69) is 16.0 Å². The first-order valence-electron chi connectivity index (χ1n) is 11.6. The third kappa shape index (κ3) is 7.08. The van der Waals surface area contributed by atoms with Gasteiger partial charge in [-0.05, 0) is 44.2 Å². The maximum absolute atomic E-state index is 12.9. The van der Waals surface area contributed by atoms with Crippen LogP contribution in [-0.2, 0) is 20.9 Å². The molecule has 1 aromatic rings. The molecule has 3 rings (SSSR count). The zero-order valence-electron chi connectivity index (χ0n) is 19.8. The van der Waals surface area contributed by atoms with Crippen molar-refractivity contribution in [2.45, 2.75) is 58.2 Å². The quantitative estimate of drug-likeness (QED) is 0.527. The average Bonchev–Trinajstić information content (AvgIpc) is 3.35. The van der Waals surface area contributed by atoms with Crippen LogP contribution >= 0.6 is 12.4 Å². The molecular weight excluding hydrogens is 444 g/mol. The van der Waals surface area contributed by atoms with E-state index in [-0.39, 0.29) is 48.0 Å². The fourth-order valence-corrected chi connectivity index (χ4v) is 4.43. The van der Waals surface area contributed by atoms with Crippen molar-refractivity contribution in [2.24, 2.45) is 11.8 Å². The smallest absolute Gasteiger partial charge is 0.243 e. The third-order valence-corrected chi connectivity index (χ3v) is 6.43. The van der Waals surface area contributed by atoms with E-state index in [1.54, 1.807) is 7.11 Å². The monoisotopic (exact) mass is 480 g/mol. The number of ether oxygens (including phenoxy) is 1. The van der Waals surface area contributed by atoms with Gasteiger partial charge in [-0.15, -0.1) is 12.4 Å². The van der Waals surface area contributed by atoms with Gasteiger partial charge in [-0.1, -0.05) is 32.0 Å². The van der Waals surface area contributed by atoms with Gasteiger partial charge >= 0.3 is 0 Å². The fourth-order valence-electron chi connectivity index (χ4n) is 4.43. The zero-order chi connectivity index (χ0) is 23.1. The third-order valence-electron chi connectivity index (χ3n) is 6.43. The van der Waals surface area contributed by atoms with E-state index in [1.165, 1.54) is 0 Å². The maximum Gasteiger partial charge on any atom is 0.243 e. The average molecular weight is 481 g/mol. The number of methoxy groups -OCH3 is 1. The molecule has 9 heteroatoms. The molecule has 0 unspecified atom stereocenters. The fraction of sp³-hybridized carbons (Fsp3) is 0.625. The number of hydrogen-bond donors (Lipinski definition) is 3. The Bertz CT molecular complexity index is 805. The maximum atomic E-state index is 12.9. The molecule has 3 N–H and O–H groups in total. The molecule has 0 aromatic heterocycles. The topological polar surface area (TPSA) is 99.8 Å². The van der Waals surface area contributed by atoms with Gasteiger partial charge in [0.2, 0.25) is 17.7 Å². The highest BCUT2D eigenvalue weighted by Crippen LogP contribution is 2.21. The van der Waals surface area contributed by atoms with Crippen molar-refractivity contribution in [2.75, 3.05) is 26.7 Å². The lowest BCUT2D eigenvalue weighted by atomic mass is 9.94. The minimum Gasteiger partial charge on any atom is -0.496 e. The number of amides is 3. The van der Waals surface area contributed by atoms with Crippen molar-refractivity contribution in [1.29, 1.82) is 0 Å². The SMILES string of the molecule is COc1ccccc1CNC(=O)[C@@H](NC(=O)C1CCN(C(=O)[C@@H]2CCCN2)CC1)C(C)C.Cl. The number of hydrogen-bond acceptors (Lipinski definition) is 5. The van der Waals surface area contributed by atoms with E-state index < -0.39 is 6.04 Å². The summed E-state index contributed by atoms with van der Waals surface area (Å²) in [6, 6.07) is 6.84. The van der Waals surface area contributed by atoms with Crippen molar-refractivity contribution >= 4 is 30.1 Å². The Morgan fingerprint density at radius 2 is 1.85 bits per heavy atom. The summed E-state index contributed by atoms with van der Waals surface area (Å²) >= 11 is 0. The normalized spacial score (nSPS) is 19.5. The standard InChI is InChI=1S/C24H36N4O4.ClH/c1-16(2)21(23(30)26-15-18-7-4-5-9-20(18)32-3)27-22(29)17-10-13-28(14-11-17)24(31)19-8-6-12-25-19;/h4-5,7,9,16-17,19,21,25H,6,8,10-15H2,1-3H3,(H,26,30)(H,27,29);1H/t19-,21-;/m0./s1. The molecule has 3 amide bonds. The molecule has 0 bridgehead atoms. The van der Waals surface area contributed by atoms with Gasteiger partial charge in [0.1, 0.15) is 11.8 Å². The summed E-state index contributed by atoms with van der Waals surface area (Å²) in [6.07, 6.45) is 3.17. The highest BCUT2D eigenvalue weighted by molar-refractivity contribution is 5.89. The zero-order valence-corrected chi connectivity index (χ0v) is 20.6. The highest BCUT2D eigenvalue weighted by atomic mass is 35.5. The summed E-state index contributed by atoms with van der Waals surface area (Å²) in [5, 5.41) is 9.12. The molecule has 2 saturated heterocycles. The molecule has 1 aromatic carbocycles. The number of halogens is 1. The number of benzene rings is 1. The Morgan fingerprint density at radius 1 is 1.15 bits per heavy atom. The van der Waals surface area contributed by atoms with Gasteiger partial charge in [0.25, 0.3) is 0 Å². The Morgan fingerprint density at radius 3 is 2.45 bits per heavy atom. The van der Waals surface area contributed by atoms with Gasteiger partial charge in [0.05, 0.1) is 13.2 Å². The molecule has 2 aliphatic heterocycles. The largest absolute Gasteiger partial charge is 0.496 e. The summed E-state index contributed by atoms with van der Waals surface area (Å²) in [5.41, 5.74) is 0.881. The first kappa shape index (κ1) is 26.9. The molecule has 33 heavy (non-hydrogen) atoms. The van der Waals surface area contributed by atoms with E-state index in [1.807, 2.05) is 43.0 Å². The summed E-state index contributed by atoms with van der Waals surface area (Å²) in [4.78, 5) is 40.2. The minimum absolute atomic E-state index is 0. The number of rotatable bonds is 8. The molecule has 0 saturated carbocycles. The summed E-state index contributed by atoms with van der Waals surface area (Å²) in [5.74, 6) is 0.316. The first-order valence-corrected chi connectivity index (χ1v) is 11.6. The Hall–Kier alpha value is -2.32. The molecule has 2 aliphatic rings. The van der Waals surface area contributed by atoms with Crippen LogP contribution < -0.4 is 20.7 Å². The molecule has 2 fully saturated rings. The van der Waals surface area contributed by atoms with Crippen LogP contribution in [-0.4, -0.2) is 61.4 Å². The van der Waals surface area contributed by atoms with Crippen LogP contribution in [0.5, 0.6) is 5.75 Å². The van der Waals surface area contributed by atoms with E-state index in [0.717, 1.165) is 24.9 Å². The lowest BCUT2D eigenvalue weighted by molar-refractivity contribution is -0.138. The molecule has 0 spiro atoms. The summed E-state index contributed by atoms with van der Waals surface area (Å²) in [6.45, 7) is 6.23. The predicted octanol–water partition coefficient (Wildman–Crippen LogP) is 1.86. The van der Waals surface area contributed by atoms with E-state index in [9.17, 15) is 14.4 Å². The van der Waals surface area contributed by atoms with Crippen LogP contribution in [0.1, 0.15) is 45.1 Å². The molecular formula is C24H37ClN4O4. The molecule has 0 aliphatic carbocycles. The Balaban J connectivity index is 0.00000385. The van der Waals surface area contributed by atoms with Crippen molar-refractivity contribution in [1.82, 2.24) is 20.9 Å². The van der Waals surface area contributed by atoms with Gasteiger partial charge in [-0.25, -0.2) is 0 Å². The number of para-hydroxylation sites is 1. The van der Waals surface area contributed by atoms with Gasteiger partial charge in [0.15, 0.2) is 0 Å². The van der Waals surface area contributed by atoms with Crippen LogP contribution in [0.15, 0.2) is 24.3 Å². The number of piperidine rings is 1. The van der Waals surface area contributed by atoms with Crippen molar-refractivity contribution in [3.63, 3.8) is 0 Å². The van der Waals surface area contributed by atoms with E-state index >= 15 is 0 Å². The highest BCUT2D eigenvalue weighted by Gasteiger charge is 2.33. The second-order valence-electron chi connectivity index (χ2n) is 9.01.